The fourth-order valence-corrected chi connectivity index (χ4v) is 1.24. The topological polar surface area (TPSA) is 29.4 Å². The molecule has 0 heterocycles. The standard InChI is InChI=1S/C8H3BrF3NO/c9-5-1-2-6(8(10,11)12)7(3-5)13-4-14/h1-3H. The zero-order valence-corrected chi connectivity index (χ0v) is 8.19. The zero-order chi connectivity index (χ0) is 10.8. The molecule has 0 atom stereocenters. The summed E-state index contributed by atoms with van der Waals surface area (Å²) in [5, 5.41) is 0. The van der Waals surface area contributed by atoms with Crippen molar-refractivity contribution in [1.29, 1.82) is 0 Å². The van der Waals surface area contributed by atoms with E-state index in [1.807, 2.05) is 0 Å². The van der Waals surface area contributed by atoms with Crippen LogP contribution < -0.4 is 0 Å². The molecule has 0 bridgehead atoms. The molecular formula is C8H3BrF3NO. The van der Waals surface area contributed by atoms with Crippen molar-refractivity contribution < 1.29 is 18.0 Å². The van der Waals surface area contributed by atoms with Crippen LogP contribution in [0.5, 0.6) is 0 Å². The molecule has 2 nitrogen and oxygen atoms in total. The maximum absolute atomic E-state index is 12.3. The SMILES string of the molecule is O=C=Nc1cc(Br)ccc1C(F)(F)F. The summed E-state index contributed by atoms with van der Waals surface area (Å²) < 4.78 is 37.3. The fourth-order valence-electron chi connectivity index (χ4n) is 0.886. The highest BCUT2D eigenvalue weighted by Crippen LogP contribution is 2.37. The van der Waals surface area contributed by atoms with Crippen LogP contribution >= 0.6 is 15.9 Å². The number of hydrogen-bond acceptors (Lipinski definition) is 2. The second-order valence-electron chi connectivity index (χ2n) is 2.36. The summed E-state index contributed by atoms with van der Waals surface area (Å²) in [6.45, 7) is 0. The number of isocyanates is 1. The van der Waals surface area contributed by atoms with E-state index in [0.29, 0.717) is 4.47 Å². The van der Waals surface area contributed by atoms with Crippen LogP contribution in [0.15, 0.2) is 27.7 Å². The molecule has 0 radical (unpaired) electrons. The average Bonchev–Trinajstić information content (AvgIpc) is 2.02. The number of carbonyl (C=O) groups excluding carboxylic acids is 1. The molecule has 0 N–H and O–H groups in total. The van der Waals surface area contributed by atoms with Gasteiger partial charge in [0.1, 0.15) is 0 Å². The Morgan fingerprint density at radius 3 is 2.50 bits per heavy atom. The number of aliphatic imine (C=N–C) groups is 1. The summed E-state index contributed by atoms with van der Waals surface area (Å²) in [4.78, 5) is 12.9. The van der Waals surface area contributed by atoms with E-state index in [-0.39, 0.29) is 0 Å². The molecule has 0 saturated heterocycles. The number of hydrogen-bond donors (Lipinski definition) is 0. The monoisotopic (exact) mass is 265 g/mol. The van der Waals surface area contributed by atoms with E-state index in [1.54, 1.807) is 0 Å². The van der Waals surface area contributed by atoms with Gasteiger partial charge in [-0.15, -0.1) is 0 Å². The van der Waals surface area contributed by atoms with Crippen molar-refractivity contribution in [2.24, 2.45) is 4.99 Å². The number of alkyl halides is 3. The first-order chi connectivity index (χ1) is 6.45. The van der Waals surface area contributed by atoms with Crippen LogP contribution in [0, 0.1) is 0 Å². The Morgan fingerprint density at radius 1 is 1.36 bits per heavy atom. The molecule has 0 spiro atoms. The molecule has 0 aliphatic rings. The van der Waals surface area contributed by atoms with Crippen molar-refractivity contribution in [2.75, 3.05) is 0 Å². The lowest BCUT2D eigenvalue weighted by Gasteiger charge is -2.08. The number of halogens is 4. The third-order valence-electron chi connectivity index (χ3n) is 1.43. The maximum atomic E-state index is 12.3. The Bertz CT molecular complexity index is 396. The van der Waals surface area contributed by atoms with Crippen molar-refractivity contribution in [2.45, 2.75) is 6.18 Å². The van der Waals surface area contributed by atoms with E-state index < -0.39 is 17.4 Å². The highest BCUT2D eigenvalue weighted by atomic mass is 79.9. The summed E-state index contributed by atoms with van der Waals surface area (Å²) in [7, 11) is 0. The predicted molar refractivity (Wildman–Crippen MR) is 46.9 cm³/mol. The van der Waals surface area contributed by atoms with Crippen LogP contribution in [-0.2, 0) is 11.0 Å². The van der Waals surface area contributed by atoms with Gasteiger partial charge in [0, 0.05) is 4.47 Å². The molecule has 0 aliphatic carbocycles. The van der Waals surface area contributed by atoms with Gasteiger partial charge in [-0.3, -0.25) is 0 Å². The minimum absolute atomic E-state index is 0.416. The van der Waals surface area contributed by atoms with Gasteiger partial charge in [0.25, 0.3) is 0 Å². The molecule has 14 heavy (non-hydrogen) atoms. The van der Waals surface area contributed by atoms with Crippen molar-refractivity contribution in [3.63, 3.8) is 0 Å². The maximum Gasteiger partial charge on any atom is 0.418 e. The minimum Gasteiger partial charge on any atom is -0.211 e. The first-order valence-corrected chi connectivity index (χ1v) is 4.19. The highest BCUT2D eigenvalue weighted by Gasteiger charge is 2.33. The van der Waals surface area contributed by atoms with E-state index in [0.717, 1.165) is 18.2 Å². The van der Waals surface area contributed by atoms with E-state index in [9.17, 15) is 18.0 Å². The van der Waals surface area contributed by atoms with Gasteiger partial charge in [0.05, 0.1) is 11.3 Å². The van der Waals surface area contributed by atoms with Gasteiger partial charge < -0.3 is 0 Å². The van der Waals surface area contributed by atoms with E-state index in [4.69, 9.17) is 0 Å². The van der Waals surface area contributed by atoms with Crippen molar-refractivity contribution in [1.82, 2.24) is 0 Å². The zero-order valence-electron chi connectivity index (χ0n) is 6.60. The minimum atomic E-state index is -4.52. The van der Waals surface area contributed by atoms with Gasteiger partial charge in [0.15, 0.2) is 0 Å². The number of nitrogens with zero attached hydrogens (tertiary/aromatic N) is 1. The van der Waals surface area contributed by atoms with Crippen LogP contribution in [0.1, 0.15) is 5.56 Å². The molecule has 1 aromatic carbocycles. The largest absolute Gasteiger partial charge is 0.418 e. The van der Waals surface area contributed by atoms with E-state index in [2.05, 4.69) is 20.9 Å². The van der Waals surface area contributed by atoms with Crippen molar-refractivity contribution >= 4 is 27.7 Å². The van der Waals surface area contributed by atoms with E-state index >= 15 is 0 Å². The van der Waals surface area contributed by atoms with Crippen molar-refractivity contribution in [3.8, 4) is 0 Å². The van der Waals surface area contributed by atoms with Crippen LogP contribution in [0.25, 0.3) is 0 Å². The van der Waals surface area contributed by atoms with Gasteiger partial charge in [-0.1, -0.05) is 15.9 Å². The Hall–Kier alpha value is -1.13. The molecule has 1 aromatic rings. The molecule has 74 valence electrons. The lowest BCUT2D eigenvalue weighted by Crippen LogP contribution is -2.04. The Labute approximate surface area is 85.6 Å². The smallest absolute Gasteiger partial charge is 0.211 e. The summed E-state index contributed by atoms with van der Waals surface area (Å²) in [6.07, 6.45) is -3.44. The fraction of sp³-hybridized carbons (Fsp3) is 0.125. The number of rotatable bonds is 1. The molecular weight excluding hydrogens is 263 g/mol. The predicted octanol–water partition coefficient (Wildman–Crippen LogP) is 3.44. The molecule has 0 saturated carbocycles. The number of benzene rings is 1. The van der Waals surface area contributed by atoms with Crippen LogP contribution in [0.2, 0.25) is 0 Å². The van der Waals surface area contributed by atoms with Gasteiger partial charge in [-0.25, -0.2) is 4.79 Å². The second kappa shape index (κ2) is 3.94. The summed E-state index contributed by atoms with van der Waals surface area (Å²) >= 11 is 2.98. The summed E-state index contributed by atoms with van der Waals surface area (Å²) in [5.74, 6) is 0. The average molecular weight is 266 g/mol. The summed E-state index contributed by atoms with van der Waals surface area (Å²) in [6, 6.07) is 3.18. The molecule has 0 unspecified atom stereocenters. The Balaban J connectivity index is 3.36. The summed E-state index contributed by atoms with van der Waals surface area (Å²) in [5.41, 5.74) is -1.40. The molecule has 0 aliphatic heterocycles. The molecule has 0 amide bonds. The molecule has 1 rings (SSSR count). The third-order valence-corrected chi connectivity index (χ3v) is 1.92. The third kappa shape index (κ3) is 2.43. The molecule has 0 fully saturated rings. The quantitative estimate of drug-likeness (QED) is 0.565. The molecule has 0 aromatic heterocycles. The van der Waals surface area contributed by atoms with Crippen LogP contribution in [0.4, 0.5) is 18.9 Å². The second-order valence-corrected chi connectivity index (χ2v) is 3.28. The van der Waals surface area contributed by atoms with Gasteiger partial charge >= 0.3 is 6.18 Å². The van der Waals surface area contributed by atoms with Crippen LogP contribution in [-0.4, -0.2) is 6.08 Å². The highest BCUT2D eigenvalue weighted by molar-refractivity contribution is 9.10. The van der Waals surface area contributed by atoms with Gasteiger partial charge in [-0.05, 0) is 18.2 Å². The first-order valence-electron chi connectivity index (χ1n) is 3.40. The lowest BCUT2D eigenvalue weighted by atomic mass is 10.2. The molecule has 6 heteroatoms. The van der Waals surface area contributed by atoms with Crippen molar-refractivity contribution in [3.05, 3.63) is 28.2 Å². The normalized spacial score (nSPS) is 10.9. The lowest BCUT2D eigenvalue weighted by molar-refractivity contribution is -0.137. The van der Waals surface area contributed by atoms with Gasteiger partial charge in [-0.2, -0.15) is 18.2 Å². The Kier molecular flexibility index (Phi) is 3.08. The van der Waals surface area contributed by atoms with Crippen LogP contribution in [0.3, 0.4) is 0 Å². The van der Waals surface area contributed by atoms with Gasteiger partial charge in [0.2, 0.25) is 6.08 Å². The Morgan fingerprint density at radius 2 is 2.00 bits per heavy atom. The first kappa shape index (κ1) is 10.9. The van der Waals surface area contributed by atoms with E-state index in [1.165, 1.54) is 6.07 Å².